The quantitative estimate of drug-likeness (QED) is 0.889. The fourth-order valence-corrected chi connectivity index (χ4v) is 3.28. The van der Waals surface area contributed by atoms with E-state index in [9.17, 15) is 18.3 Å². The third kappa shape index (κ3) is 3.76. The van der Waals surface area contributed by atoms with Crippen LogP contribution in [-0.2, 0) is 6.18 Å². The maximum absolute atomic E-state index is 12.6. The number of halogens is 3. The van der Waals surface area contributed by atoms with Crippen molar-refractivity contribution in [3.8, 4) is 0 Å². The Morgan fingerprint density at radius 3 is 2.52 bits per heavy atom. The van der Waals surface area contributed by atoms with Gasteiger partial charge in [-0.3, -0.25) is 4.98 Å². The molecule has 0 spiro atoms. The van der Waals surface area contributed by atoms with Crippen LogP contribution in [0.5, 0.6) is 0 Å². The number of rotatable bonds is 5. The van der Waals surface area contributed by atoms with Crippen LogP contribution in [0.2, 0.25) is 0 Å². The maximum Gasteiger partial charge on any atom is 0.433 e. The van der Waals surface area contributed by atoms with E-state index in [-0.39, 0.29) is 5.41 Å². The molecule has 1 aliphatic heterocycles. The SMILES string of the molecule is CCC1(CC(O)c2cccnc2)CN(c2ccc(C(F)(F)F)nc2)C1. The van der Waals surface area contributed by atoms with Gasteiger partial charge in [0, 0.05) is 30.9 Å². The summed E-state index contributed by atoms with van der Waals surface area (Å²) in [5.74, 6) is 0. The minimum absolute atomic E-state index is 0.0576. The van der Waals surface area contributed by atoms with Gasteiger partial charge in [-0.25, -0.2) is 4.98 Å². The lowest BCUT2D eigenvalue weighted by Gasteiger charge is -2.52. The van der Waals surface area contributed by atoms with Crippen LogP contribution in [0.4, 0.5) is 18.9 Å². The van der Waals surface area contributed by atoms with Crippen LogP contribution in [-0.4, -0.2) is 28.2 Å². The molecular weight excluding hydrogens is 331 g/mol. The highest BCUT2D eigenvalue weighted by Crippen LogP contribution is 2.43. The van der Waals surface area contributed by atoms with Gasteiger partial charge >= 0.3 is 6.18 Å². The first-order chi connectivity index (χ1) is 11.8. The highest BCUT2D eigenvalue weighted by molar-refractivity contribution is 5.48. The highest BCUT2D eigenvalue weighted by atomic mass is 19.4. The summed E-state index contributed by atoms with van der Waals surface area (Å²) in [6.07, 6.45) is 1.04. The normalized spacial score (nSPS) is 17.9. The van der Waals surface area contributed by atoms with Crippen molar-refractivity contribution >= 4 is 5.69 Å². The molecule has 3 heterocycles. The molecule has 2 aromatic rings. The van der Waals surface area contributed by atoms with Crippen molar-refractivity contribution in [1.82, 2.24) is 9.97 Å². The van der Waals surface area contributed by atoms with E-state index >= 15 is 0 Å². The van der Waals surface area contributed by atoms with Crippen molar-refractivity contribution in [2.75, 3.05) is 18.0 Å². The molecule has 4 nitrogen and oxygen atoms in total. The van der Waals surface area contributed by atoms with E-state index in [0.717, 1.165) is 18.1 Å². The molecular formula is C18H20F3N3O. The second-order valence-electron chi connectivity index (χ2n) is 6.62. The predicted molar refractivity (Wildman–Crippen MR) is 88.0 cm³/mol. The third-order valence-electron chi connectivity index (χ3n) is 4.90. The molecule has 1 aliphatic rings. The van der Waals surface area contributed by atoms with Crippen LogP contribution in [0.1, 0.15) is 37.1 Å². The van der Waals surface area contributed by atoms with Crippen LogP contribution in [0, 0.1) is 5.41 Å². The number of aliphatic hydroxyl groups excluding tert-OH is 1. The van der Waals surface area contributed by atoms with Crippen LogP contribution in [0.3, 0.4) is 0 Å². The summed E-state index contributed by atoms with van der Waals surface area (Å²) in [5, 5.41) is 10.4. The van der Waals surface area contributed by atoms with Crippen molar-refractivity contribution < 1.29 is 18.3 Å². The van der Waals surface area contributed by atoms with Gasteiger partial charge in [-0.1, -0.05) is 13.0 Å². The first kappa shape index (κ1) is 17.7. The monoisotopic (exact) mass is 351 g/mol. The molecule has 2 aromatic heterocycles. The zero-order chi connectivity index (χ0) is 18.1. The second-order valence-corrected chi connectivity index (χ2v) is 6.62. The van der Waals surface area contributed by atoms with E-state index in [1.807, 2.05) is 11.0 Å². The van der Waals surface area contributed by atoms with E-state index in [4.69, 9.17) is 0 Å². The Hall–Kier alpha value is -2.15. The van der Waals surface area contributed by atoms with Gasteiger partial charge < -0.3 is 10.0 Å². The summed E-state index contributed by atoms with van der Waals surface area (Å²) in [6, 6.07) is 6.09. The second kappa shape index (κ2) is 6.63. The summed E-state index contributed by atoms with van der Waals surface area (Å²) >= 11 is 0. The Morgan fingerprint density at radius 1 is 1.24 bits per heavy atom. The number of alkyl halides is 3. The first-order valence-electron chi connectivity index (χ1n) is 8.19. The van der Waals surface area contributed by atoms with Crippen molar-refractivity contribution in [3.63, 3.8) is 0 Å². The molecule has 1 saturated heterocycles. The van der Waals surface area contributed by atoms with Crippen LogP contribution in [0.15, 0.2) is 42.9 Å². The fourth-order valence-electron chi connectivity index (χ4n) is 3.28. The molecule has 134 valence electrons. The number of aliphatic hydroxyl groups is 1. The molecule has 25 heavy (non-hydrogen) atoms. The summed E-state index contributed by atoms with van der Waals surface area (Å²) < 4.78 is 37.8. The number of hydrogen-bond donors (Lipinski definition) is 1. The fraction of sp³-hybridized carbons (Fsp3) is 0.444. The minimum Gasteiger partial charge on any atom is -0.388 e. The molecule has 1 atom stereocenters. The Balaban J connectivity index is 1.64. The Bertz CT molecular complexity index is 698. The third-order valence-corrected chi connectivity index (χ3v) is 4.90. The Morgan fingerprint density at radius 2 is 2.00 bits per heavy atom. The number of pyridine rings is 2. The molecule has 0 saturated carbocycles. The van der Waals surface area contributed by atoms with E-state index in [2.05, 4.69) is 16.9 Å². The topological polar surface area (TPSA) is 49.3 Å². The predicted octanol–water partition coefficient (Wildman–Crippen LogP) is 3.84. The summed E-state index contributed by atoms with van der Waals surface area (Å²) in [5.41, 5.74) is 0.515. The van der Waals surface area contributed by atoms with Crippen molar-refractivity contribution in [2.45, 2.75) is 32.0 Å². The van der Waals surface area contributed by atoms with Crippen molar-refractivity contribution in [2.24, 2.45) is 5.41 Å². The van der Waals surface area contributed by atoms with Gasteiger partial charge in [-0.05, 0) is 36.6 Å². The Labute approximate surface area is 144 Å². The van der Waals surface area contributed by atoms with Crippen LogP contribution >= 0.6 is 0 Å². The lowest BCUT2D eigenvalue weighted by Crippen LogP contribution is -2.56. The zero-order valence-electron chi connectivity index (χ0n) is 13.9. The molecule has 0 amide bonds. The molecule has 7 heteroatoms. The largest absolute Gasteiger partial charge is 0.433 e. The summed E-state index contributed by atoms with van der Waals surface area (Å²) in [4.78, 5) is 9.53. The molecule has 0 aliphatic carbocycles. The van der Waals surface area contributed by atoms with Crippen LogP contribution in [0.25, 0.3) is 0 Å². The minimum atomic E-state index is -4.42. The smallest absolute Gasteiger partial charge is 0.388 e. The molecule has 1 fully saturated rings. The molecule has 1 N–H and O–H groups in total. The van der Waals surface area contributed by atoms with Gasteiger partial charge in [-0.2, -0.15) is 13.2 Å². The number of hydrogen-bond acceptors (Lipinski definition) is 4. The molecule has 3 rings (SSSR count). The van der Waals surface area contributed by atoms with Gasteiger partial charge in [0.15, 0.2) is 0 Å². The van der Waals surface area contributed by atoms with E-state index in [1.165, 1.54) is 12.3 Å². The first-order valence-corrected chi connectivity index (χ1v) is 8.19. The van der Waals surface area contributed by atoms with E-state index in [0.29, 0.717) is 25.2 Å². The van der Waals surface area contributed by atoms with Gasteiger partial charge in [0.2, 0.25) is 0 Å². The molecule has 0 aromatic carbocycles. The van der Waals surface area contributed by atoms with E-state index in [1.54, 1.807) is 18.5 Å². The Kier molecular flexibility index (Phi) is 4.69. The highest BCUT2D eigenvalue weighted by Gasteiger charge is 2.43. The maximum atomic E-state index is 12.6. The van der Waals surface area contributed by atoms with Gasteiger partial charge in [-0.15, -0.1) is 0 Å². The van der Waals surface area contributed by atoms with Gasteiger partial charge in [0.1, 0.15) is 5.69 Å². The van der Waals surface area contributed by atoms with Crippen molar-refractivity contribution in [3.05, 3.63) is 54.1 Å². The zero-order valence-corrected chi connectivity index (χ0v) is 13.9. The lowest BCUT2D eigenvalue weighted by atomic mass is 9.72. The number of anilines is 1. The van der Waals surface area contributed by atoms with Gasteiger partial charge in [0.05, 0.1) is 18.0 Å². The van der Waals surface area contributed by atoms with Gasteiger partial charge in [0.25, 0.3) is 0 Å². The van der Waals surface area contributed by atoms with E-state index < -0.39 is 18.0 Å². The lowest BCUT2D eigenvalue weighted by molar-refractivity contribution is -0.141. The molecule has 0 bridgehead atoms. The van der Waals surface area contributed by atoms with Crippen molar-refractivity contribution in [1.29, 1.82) is 0 Å². The number of aromatic nitrogens is 2. The summed E-state index contributed by atoms with van der Waals surface area (Å²) in [7, 11) is 0. The average Bonchev–Trinajstić information content (AvgIpc) is 2.58. The summed E-state index contributed by atoms with van der Waals surface area (Å²) in [6.45, 7) is 3.44. The molecule has 1 unspecified atom stereocenters. The van der Waals surface area contributed by atoms with Crippen LogP contribution < -0.4 is 4.90 Å². The standard InChI is InChI=1S/C18H20F3N3O/c1-2-17(8-15(25)13-4-3-7-22-9-13)11-24(12-17)14-5-6-16(23-10-14)18(19,20)21/h3-7,9-10,15,25H,2,8,11-12H2,1H3. The average molecular weight is 351 g/mol. The number of nitrogens with zero attached hydrogens (tertiary/aromatic N) is 3. The molecule has 0 radical (unpaired) electrons.